The van der Waals surface area contributed by atoms with E-state index in [1.807, 2.05) is 13.0 Å². The number of hydrogen-bond acceptors (Lipinski definition) is 3. The van der Waals surface area contributed by atoms with Crippen LogP contribution >= 0.6 is 0 Å². The molecule has 0 amide bonds. The molecule has 0 saturated heterocycles. The van der Waals surface area contributed by atoms with E-state index in [-0.39, 0.29) is 17.2 Å². The molecule has 2 aromatic rings. The van der Waals surface area contributed by atoms with Crippen LogP contribution in [0.5, 0.6) is 11.5 Å². The Morgan fingerprint density at radius 2 is 1.90 bits per heavy atom. The quantitative estimate of drug-likeness (QED) is 0.636. The number of rotatable bonds is 2. The van der Waals surface area contributed by atoms with Gasteiger partial charge in [0.25, 0.3) is 0 Å². The first-order chi connectivity index (χ1) is 9.40. The summed E-state index contributed by atoms with van der Waals surface area (Å²) in [6, 6.07) is 6.16. The highest BCUT2D eigenvalue weighted by Crippen LogP contribution is 2.23. The maximum Gasteiger partial charge on any atom is 0.498 e. The van der Waals surface area contributed by atoms with Gasteiger partial charge in [-0.05, 0) is 37.3 Å². The molecule has 0 saturated carbocycles. The van der Waals surface area contributed by atoms with Crippen LogP contribution in [0.25, 0.3) is 12.2 Å². The highest BCUT2D eigenvalue weighted by molar-refractivity contribution is 5.71. The summed E-state index contributed by atoms with van der Waals surface area (Å²) < 4.78 is 3.08. The maximum atomic E-state index is 11.9. The van der Waals surface area contributed by atoms with Gasteiger partial charge in [-0.1, -0.05) is 0 Å². The third-order valence-corrected chi connectivity index (χ3v) is 3.29. The molecule has 0 atom stereocenters. The van der Waals surface area contributed by atoms with Crippen molar-refractivity contribution < 1.29 is 14.8 Å². The SMILES string of the molecule is Cc1cc(C=Cc2cc(O)ccc2O)[n+](C)c(=O)n1C. The van der Waals surface area contributed by atoms with Crippen molar-refractivity contribution in [2.75, 3.05) is 0 Å². The summed E-state index contributed by atoms with van der Waals surface area (Å²) in [7, 11) is 3.40. The fourth-order valence-electron chi connectivity index (χ4n) is 1.90. The summed E-state index contributed by atoms with van der Waals surface area (Å²) in [6.45, 7) is 1.85. The Kier molecular flexibility index (Phi) is 3.61. The fraction of sp³-hybridized carbons (Fsp3) is 0.200. The maximum absolute atomic E-state index is 11.9. The van der Waals surface area contributed by atoms with Gasteiger partial charge in [-0.3, -0.25) is 0 Å². The lowest BCUT2D eigenvalue weighted by Gasteiger charge is -2.02. The summed E-state index contributed by atoms with van der Waals surface area (Å²) in [5.74, 6) is 0.147. The predicted molar refractivity (Wildman–Crippen MR) is 76.3 cm³/mol. The van der Waals surface area contributed by atoms with Gasteiger partial charge in [0.05, 0.1) is 14.1 Å². The number of benzene rings is 1. The number of aromatic nitrogens is 2. The second-order valence-electron chi connectivity index (χ2n) is 4.69. The molecular formula is C15H17N2O3+. The van der Waals surface area contributed by atoms with Gasteiger partial charge in [0.2, 0.25) is 0 Å². The molecule has 1 aromatic heterocycles. The molecule has 104 valence electrons. The van der Waals surface area contributed by atoms with Crippen LogP contribution in [0.2, 0.25) is 0 Å². The zero-order valence-electron chi connectivity index (χ0n) is 11.7. The van der Waals surface area contributed by atoms with E-state index < -0.39 is 0 Å². The van der Waals surface area contributed by atoms with Crippen molar-refractivity contribution in [1.82, 2.24) is 4.57 Å². The minimum absolute atomic E-state index is 0.0715. The van der Waals surface area contributed by atoms with Crippen molar-refractivity contribution in [2.45, 2.75) is 6.92 Å². The number of aryl methyl sites for hydroxylation is 1. The van der Waals surface area contributed by atoms with Gasteiger partial charge < -0.3 is 10.2 Å². The van der Waals surface area contributed by atoms with Gasteiger partial charge in [0.15, 0.2) is 0 Å². The Morgan fingerprint density at radius 3 is 2.60 bits per heavy atom. The van der Waals surface area contributed by atoms with Gasteiger partial charge in [-0.25, -0.2) is 0 Å². The molecule has 2 N–H and O–H groups in total. The fourth-order valence-corrected chi connectivity index (χ4v) is 1.90. The van der Waals surface area contributed by atoms with Crippen LogP contribution in [0, 0.1) is 6.92 Å². The molecule has 0 aliphatic rings. The number of hydrogen-bond donors (Lipinski definition) is 2. The lowest BCUT2D eigenvalue weighted by Crippen LogP contribution is -2.53. The third kappa shape index (κ3) is 2.56. The molecule has 20 heavy (non-hydrogen) atoms. The number of phenols is 2. The number of aromatic hydroxyl groups is 2. The first kappa shape index (κ1) is 13.9. The van der Waals surface area contributed by atoms with Gasteiger partial charge in [-0.2, -0.15) is 13.9 Å². The van der Waals surface area contributed by atoms with E-state index in [0.717, 1.165) is 5.69 Å². The Bertz CT molecular complexity index is 746. The van der Waals surface area contributed by atoms with Crippen LogP contribution in [0.4, 0.5) is 0 Å². The minimum atomic E-state index is -0.121. The van der Waals surface area contributed by atoms with Crippen molar-refractivity contribution >= 4 is 12.2 Å². The zero-order valence-corrected chi connectivity index (χ0v) is 11.7. The van der Waals surface area contributed by atoms with E-state index in [4.69, 9.17) is 0 Å². The third-order valence-electron chi connectivity index (χ3n) is 3.29. The Balaban J connectivity index is 2.47. The van der Waals surface area contributed by atoms with Crippen LogP contribution in [0.1, 0.15) is 17.0 Å². The van der Waals surface area contributed by atoms with Crippen molar-refractivity contribution in [3.8, 4) is 11.5 Å². The molecule has 0 aliphatic heterocycles. The van der Waals surface area contributed by atoms with Crippen molar-refractivity contribution in [1.29, 1.82) is 0 Å². The highest BCUT2D eigenvalue weighted by Gasteiger charge is 2.11. The molecule has 0 radical (unpaired) electrons. The largest absolute Gasteiger partial charge is 0.508 e. The van der Waals surface area contributed by atoms with Gasteiger partial charge in [0.1, 0.15) is 22.9 Å². The van der Waals surface area contributed by atoms with E-state index in [2.05, 4.69) is 0 Å². The zero-order chi connectivity index (χ0) is 14.9. The summed E-state index contributed by atoms with van der Waals surface area (Å²) in [6.07, 6.45) is 3.38. The molecule has 0 unspecified atom stereocenters. The molecular weight excluding hydrogens is 256 g/mol. The van der Waals surface area contributed by atoms with Crippen LogP contribution in [0.3, 0.4) is 0 Å². The monoisotopic (exact) mass is 273 g/mol. The smallest absolute Gasteiger partial charge is 0.498 e. The predicted octanol–water partition coefficient (Wildman–Crippen LogP) is 1.10. The molecule has 1 heterocycles. The number of nitrogens with zero attached hydrogens (tertiary/aromatic N) is 2. The van der Waals surface area contributed by atoms with E-state index in [1.165, 1.54) is 22.8 Å². The standard InChI is InChI=1S/C15H16N2O3/c1-10-8-12(17(3)15(20)16(10)2)5-4-11-9-13(18)6-7-14(11)19/h4-9,18H,1-3H3/p+1. The average molecular weight is 273 g/mol. The average Bonchev–Trinajstić information content (AvgIpc) is 2.42. The molecule has 0 aliphatic carbocycles. The van der Waals surface area contributed by atoms with E-state index >= 15 is 0 Å². The second-order valence-corrected chi connectivity index (χ2v) is 4.69. The normalized spacial score (nSPS) is 11.2. The van der Waals surface area contributed by atoms with Gasteiger partial charge >= 0.3 is 5.69 Å². The highest BCUT2D eigenvalue weighted by atomic mass is 16.3. The summed E-state index contributed by atoms with van der Waals surface area (Å²) >= 11 is 0. The van der Waals surface area contributed by atoms with Crippen LogP contribution in [-0.2, 0) is 14.1 Å². The molecule has 5 heteroatoms. The topological polar surface area (TPSA) is 66.3 Å². The Labute approximate surface area is 116 Å². The molecule has 2 rings (SSSR count). The van der Waals surface area contributed by atoms with Crippen LogP contribution in [-0.4, -0.2) is 14.8 Å². The van der Waals surface area contributed by atoms with E-state index in [0.29, 0.717) is 11.3 Å². The first-order valence-corrected chi connectivity index (χ1v) is 6.17. The Morgan fingerprint density at radius 1 is 1.20 bits per heavy atom. The molecule has 5 nitrogen and oxygen atoms in total. The summed E-state index contributed by atoms with van der Waals surface area (Å²) in [5.41, 5.74) is 1.93. The van der Waals surface area contributed by atoms with Crippen LogP contribution < -0.4 is 10.3 Å². The molecule has 0 bridgehead atoms. The first-order valence-electron chi connectivity index (χ1n) is 6.17. The molecule has 0 spiro atoms. The van der Waals surface area contributed by atoms with Crippen LogP contribution in [0.15, 0.2) is 29.1 Å². The minimum Gasteiger partial charge on any atom is -0.508 e. The van der Waals surface area contributed by atoms with Gasteiger partial charge in [-0.15, -0.1) is 0 Å². The molecule has 0 fully saturated rings. The second kappa shape index (κ2) is 5.21. The Hall–Kier alpha value is -2.56. The van der Waals surface area contributed by atoms with E-state index in [1.54, 1.807) is 30.8 Å². The molecule has 1 aromatic carbocycles. The van der Waals surface area contributed by atoms with E-state index in [9.17, 15) is 15.0 Å². The lowest BCUT2D eigenvalue weighted by atomic mass is 10.1. The lowest BCUT2D eigenvalue weighted by molar-refractivity contribution is -0.692. The van der Waals surface area contributed by atoms with Crippen molar-refractivity contribution in [3.63, 3.8) is 0 Å². The van der Waals surface area contributed by atoms with Gasteiger partial charge in [0, 0.05) is 11.6 Å². The number of phenolic OH excluding ortho intramolecular Hbond substituents is 2. The van der Waals surface area contributed by atoms with Crippen molar-refractivity contribution in [3.05, 3.63) is 51.7 Å². The van der Waals surface area contributed by atoms with Crippen molar-refractivity contribution in [2.24, 2.45) is 14.1 Å². The summed E-state index contributed by atoms with van der Waals surface area (Å²) in [4.78, 5) is 11.9. The summed E-state index contributed by atoms with van der Waals surface area (Å²) in [5, 5.41) is 19.1.